The van der Waals surface area contributed by atoms with Gasteiger partial charge in [-0.1, -0.05) is 19.4 Å². The number of rotatable bonds is 4. The molecule has 1 heterocycles. The summed E-state index contributed by atoms with van der Waals surface area (Å²) < 4.78 is 10.9. The Bertz CT molecular complexity index is 503. The zero-order chi connectivity index (χ0) is 12.3. The first-order valence-electron chi connectivity index (χ1n) is 5.85. The van der Waals surface area contributed by atoms with Crippen LogP contribution in [0.4, 0.5) is 0 Å². The molecular weight excluding hydrogens is 214 g/mol. The molecule has 0 atom stereocenters. The largest absolute Gasteiger partial charge is 0.497 e. The molecular formula is C14H17NO2. The molecule has 1 aromatic heterocycles. The topological polar surface area (TPSA) is 35.3 Å². The summed E-state index contributed by atoms with van der Waals surface area (Å²) in [7, 11) is 1.66. The van der Waals surface area contributed by atoms with Crippen LogP contribution in [0.15, 0.2) is 28.7 Å². The second-order valence-electron chi connectivity index (χ2n) is 4.00. The van der Waals surface area contributed by atoms with Gasteiger partial charge in [-0.05, 0) is 31.5 Å². The average molecular weight is 231 g/mol. The normalized spacial score (nSPS) is 10.5. The molecule has 90 valence electrons. The van der Waals surface area contributed by atoms with Gasteiger partial charge in [0.1, 0.15) is 11.5 Å². The molecule has 0 amide bonds. The highest BCUT2D eigenvalue weighted by molar-refractivity contribution is 5.56. The first kappa shape index (κ1) is 11.7. The quantitative estimate of drug-likeness (QED) is 0.806. The lowest BCUT2D eigenvalue weighted by Crippen LogP contribution is -1.86. The third-order valence-electron chi connectivity index (χ3n) is 2.70. The van der Waals surface area contributed by atoms with Crippen LogP contribution in [0.5, 0.6) is 5.75 Å². The molecule has 0 aliphatic rings. The number of methoxy groups -OCH3 is 1. The van der Waals surface area contributed by atoms with Gasteiger partial charge in [0.2, 0.25) is 5.89 Å². The van der Waals surface area contributed by atoms with Crippen molar-refractivity contribution in [2.75, 3.05) is 7.11 Å². The van der Waals surface area contributed by atoms with E-state index in [1.54, 1.807) is 7.11 Å². The summed E-state index contributed by atoms with van der Waals surface area (Å²) in [4.78, 5) is 4.52. The van der Waals surface area contributed by atoms with E-state index in [4.69, 9.17) is 9.15 Å². The van der Waals surface area contributed by atoms with Gasteiger partial charge in [0.05, 0.1) is 12.8 Å². The van der Waals surface area contributed by atoms with Gasteiger partial charge in [-0.3, -0.25) is 0 Å². The molecule has 1 aromatic carbocycles. The predicted octanol–water partition coefficient (Wildman–Crippen LogP) is 3.61. The maximum atomic E-state index is 5.69. The van der Waals surface area contributed by atoms with Crippen LogP contribution in [0.1, 0.15) is 24.8 Å². The van der Waals surface area contributed by atoms with Gasteiger partial charge in [0.25, 0.3) is 0 Å². The first-order valence-corrected chi connectivity index (χ1v) is 5.85. The van der Waals surface area contributed by atoms with Gasteiger partial charge in [0, 0.05) is 5.56 Å². The van der Waals surface area contributed by atoms with Crippen LogP contribution in [-0.2, 0) is 6.42 Å². The van der Waals surface area contributed by atoms with Crippen molar-refractivity contribution in [3.8, 4) is 17.2 Å². The smallest absolute Gasteiger partial charge is 0.226 e. The summed E-state index contributed by atoms with van der Waals surface area (Å²) in [6.45, 7) is 4.10. The molecule has 0 N–H and O–H groups in total. The van der Waals surface area contributed by atoms with Gasteiger partial charge in [-0.2, -0.15) is 0 Å². The van der Waals surface area contributed by atoms with Crippen molar-refractivity contribution in [1.29, 1.82) is 0 Å². The predicted molar refractivity (Wildman–Crippen MR) is 67.2 cm³/mol. The Balaban J connectivity index is 2.35. The summed E-state index contributed by atoms with van der Waals surface area (Å²) in [6.07, 6.45) is 2.03. The molecule has 0 saturated heterocycles. The second-order valence-corrected chi connectivity index (χ2v) is 4.00. The fraction of sp³-hybridized carbons (Fsp3) is 0.357. The molecule has 17 heavy (non-hydrogen) atoms. The van der Waals surface area contributed by atoms with E-state index in [2.05, 4.69) is 11.9 Å². The number of aromatic nitrogens is 1. The number of nitrogens with zero attached hydrogens (tertiary/aromatic N) is 1. The highest BCUT2D eigenvalue weighted by Crippen LogP contribution is 2.25. The highest BCUT2D eigenvalue weighted by Gasteiger charge is 2.10. The summed E-state index contributed by atoms with van der Waals surface area (Å²) in [5, 5.41) is 0. The van der Waals surface area contributed by atoms with E-state index in [9.17, 15) is 0 Å². The Kier molecular flexibility index (Phi) is 3.47. The van der Waals surface area contributed by atoms with Gasteiger partial charge in [0.15, 0.2) is 0 Å². The number of ether oxygens (including phenoxy) is 1. The number of hydrogen-bond donors (Lipinski definition) is 0. The number of oxazole rings is 1. The summed E-state index contributed by atoms with van der Waals surface area (Å²) in [5.74, 6) is 2.39. The molecule has 0 saturated carbocycles. The Morgan fingerprint density at radius 2 is 2.18 bits per heavy atom. The van der Waals surface area contributed by atoms with E-state index in [1.165, 1.54) is 0 Å². The van der Waals surface area contributed by atoms with Crippen LogP contribution in [-0.4, -0.2) is 12.1 Å². The van der Waals surface area contributed by atoms with Crippen LogP contribution in [0.2, 0.25) is 0 Å². The number of aryl methyl sites for hydroxylation is 2. The number of benzene rings is 1. The maximum absolute atomic E-state index is 5.69. The first-order chi connectivity index (χ1) is 8.24. The highest BCUT2D eigenvalue weighted by atomic mass is 16.5. The van der Waals surface area contributed by atoms with Gasteiger partial charge >= 0.3 is 0 Å². The molecule has 3 nitrogen and oxygen atoms in total. The standard InChI is InChI=1S/C14H17NO2/c1-4-6-13-10(2)17-14(15-13)11-7-5-8-12(9-11)16-3/h5,7-9H,4,6H2,1-3H3. The Labute approximate surface area is 101 Å². The van der Waals surface area contributed by atoms with E-state index in [0.29, 0.717) is 5.89 Å². The van der Waals surface area contributed by atoms with Crippen molar-refractivity contribution >= 4 is 0 Å². The Morgan fingerprint density at radius 3 is 2.88 bits per heavy atom. The van der Waals surface area contributed by atoms with Crippen LogP contribution < -0.4 is 4.74 Å². The van der Waals surface area contributed by atoms with Crippen molar-refractivity contribution in [3.05, 3.63) is 35.7 Å². The lowest BCUT2D eigenvalue weighted by atomic mass is 10.2. The SMILES string of the molecule is CCCc1nc(-c2cccc(OC)c2)oc1C. The van der Waals surface area contributed by atoms with Crippen LogP contribution >= 0.6 is 0 Å². The molecule has 3 heteroatoms. The van der Waals surface area contributed by atoms with Crippen LogP contribution in [0.25, 0.3) is 11.5 Å². The van der Waals surface area contributed by atoms with Gasteiger partial charge in [-0.25, -0.2) is 4.98 Å². The van der Waals surface area contributed by atoms with E-state index < -0.39 is 0 Å². The van der Waals surface area contributed by atoms with Crippen LogP contribution in [0.3, 0.4) is 0 Å². The minimum atomic E-state index is 0.671. The third kappa shape index (κ3) is 2.49. The monoisotopic (exact) mass is 231 g/mol. The number of hydrogen-bond acceptors (Lipinski definition) is 3. The molecule has 0 radical (unpaired) electrons. The summed E-state index contributed by atoms with van der Waals surface area (Å²) in [5.41, 5.74) is 2.00. The minimum Gasteiger partial charge on any atom is -0.497 e. The van der Waals surface area contributed by atoms with Crippen molar-refractivity contribution in [2.45, 2.75) is 26.7 Å². The molecule has 0 bridgehead atoms. The van der Waals surface area contributed by atoms with E-state index in [0.717, 1.165) is 35.6 Å². The fourth-order valence-electron chi connectivity index (χ4n) is 1.78. The van der Waals surface area contributed by atoms with Crippen molar-refractivity contribution in [1.82, 2.24) is 4.98 Å². The van der Waals surface area contributed by atoms with E-state index in [1.807, 2.05) is 31.2 Å². The molecule has 0 spiro atoms. The average Bonchev–Trinajstić information content (AvgIpc) is 2.72. The summed E-state index contributed by atoms with van der Waals surface area (Å²) >= 11 is 0. The van der Waals surface area contributed by atoms with Crippen molar-refractivity contribution in [3.63, 3.8) is 0 Å². The van der Waals surface area contributed by atoms with Gasteiger partial charge in [-0.15, -0.1) is 0 Å². The van der Waals surface area contributed by atoms with Crippen molar-refractivity contribution < 1.29 is 9.15 Å². The molecule has 2 aromatic rings. The van der Waals surface area contributed by atoms with Crippen LogP contribution in [0, 0.1) is 6.92 Å². The molecule has 0 fully saturated rings. The molecule has 0 aliphatic heterocycles. The lowest BCUT2D eigenvalue weighted by molar-refractivity contribution is 0.414. The zero-order valence-electron chi connectivity index (χ0n) is 10.5. The van der Waals surface area contributed by atoms with E-state index in [-0.39, 0.29) is 0 Å². The molecule has 2 rings (SSSR count). The lowest BCUT2D eigenvalue weighted by Gasteiger charge is -2.00. The van der Waals surface area contributed by atoms with Gasteiger partial charge < -0.3 is 9.15 Å². The van der Waals surface area contributed by atoms with Crippen molar-refractivity contribution in [2.24, 2.45) is 0 Å². The Hall–Kier alpha value is -1.77. The minimum absolute atomic E-state index is 0.671. The maximum Gasteiger partial charge on any atom is 0.226 e. The third-order valence-corrected chi connectivity index (χ3v) is 2.70. The van der Waals surface area contributed by atoms with E-state index >= 15 is 0 Å². The molecule has 0 aliphatic carbocycles. The fourth-order valence-corrected chi connectivity index (χ4v) is 1.78. The second kappa shape index (κ2) is 5.04. The molecule has 0 unspecified atom stereocenters. The zero-order valence-corrected chi connectivity index (χ0v) is 10.5. The Morgan fingerprint density at radius 1 is 1.35 bits per heavy atom. The summed E-state index contributed by atoms with van der Waals surface area (Å²) in [6, 6.07) is 7.75.